The molecule has 0 fully saturated rings. The standard InChI is InChI=1S/C30H29Br2NO7.C30H31NO7.C28H27Br2NO6.C28H29NO6/c1-16(14-39-17(2)15-40-18(3)34)38-11-10-19-12-22(31)28(23(32)13-19)33-24-8-9-25(35)27-26(24)29(36)20-6-4-5-7-21(20)30(27)37;1-18(16-37-19(2)17-38-20(3)32)36-15-14-21-8-10-22(11-9-21)31-25-12-13-26(33)28-27(25)29(34)23-6-4-5-7-24(23)30(28)35;1-15(13-32)37-14-16(2)36-10-9-17-11-20(29)26(21(30)12-17)31-22-7-8-23(33)25-24(22)27(34)18-5-3-4-6-19(18)28(25)35;1-17(15-30)35-16-18(2)34-14-13-19-7-9-20(10-8-19)29-23-11-12-24(31)26-25(23)27(32)21-5-3-4-6-22(21)28(26)33/h4-9,12-13,16-17,33,35H,10-11,14-15H2,1-3H3;4-13,18-19,31,33H,14-17H2,1-3H3;3-8,11-12,15-16,31-33H,9-10,13-14H2,1-2H3;3-12,17-18,29-31H,13-16H2,1-2H3. The van der Waals surface area contributed by atoms with E-state index in [-0.39, 0.29) is 206 Å². The van der Waals surface area contributed by atoms with E-state index in [0.717, 1.165) is 57.9 Å². The van der Waals surface area contributed by atoms with E-state index in [1.807, 2.05) is 121 Å². The second-order valence-corrected chi connectivity index (χ2v) is 39.8. The summed E-state index contributed by atoms with van der Waals surface area (Å²) in [7, 11) is 0. The maximum Gasteiger partial charge on any atom is 0.302 e. The number of phenolic OH excluding ortho intramolecular Hbond substituents is 4. The van der Waals surface area contributed by atoms with E-state index in [1.54, 1.807) is 128 Å². The number of halogens is 4. The van der Waals surface area contributed by atoms with Gasteiger partial charge in [-0.2, -0.15) is 0 Å². The van der Waals surface area contributed by atoms with Crippen LogP contribution in [0, 0.1) is 0 Å². The van der Waals surface area contributed by atoms with Crippen LogP contribution in [0.1, 0.15) is 219 Å². The summed E-state index contributed by atoms with van der Waals surface area (Å²) >= 11 is 14.4. The Balaban J connectivity index is 0.000000167. The molecule has 4 aliphatic rings. The molecule has 0 amide bonds. The van der Waals surface area contributed by atoms with Gasteiger partial charge in [0.25, 0.3) is 0 Å². The Kier molecular flexibility index (Phi) is 40.7. The van der Waals surface area contributed by atoms with Gasteiger partial charge in [-0.05, 0) is 264 Å². The maximum absolute atomic E-state index is 13.4. The van der Waals surface area contributed by atoms with E-state index in [0.29, 0.717) is 140 Å². The highest BCUT2D eigenvalue weighted by Crippen LogP contribution is 2.46. The molecule has 0 aromatic heterocycles. The number of aliphatic hydroxyl groups is 2. The number of nitrogens with one attached hydrogen (secondary N) is 4. The highest BCUT2D eigenvalue weighted by molar-refractivity contribution is 9.11. The SMILES string of the molecule is CC(=O)OCC(C)OCC(C)OCCc1cc(Br)c(Nc2ccc(O)c3c2C(=O)c2ccccc2C3=O)c(Br)c1.CC(=O)OCC(C)OCC(C)OCCc1ccc(Nc2ccc(O)c3c2C(=O)c2ccccc2C3=O)cc1.CC(CO)OCC(C)OCCc1cc(Br)c(Nc2ccc(O)c3c2C(=O)c2ccccc2C3=O)c(Br)c1.CC(CO)OCC(C)OCCc1ccc(Nc2ccc(O)c3c2C(=O)c2ccccc2C3=O)cc1. The second kappa shape index (κ2) is 53.5. The molecule has 0 bridgehead atoms. The molecule has 0 saturated carbocycles. The Morgan fingerprint density at radius 1 is 0.260 bits per heavy atom. The molecule has 34 heteroatoms. The van der Waals surface area contributed by atoms with Gasteiger partial charge in [-0.1, -0.05) is 121 Å². The van der Waals surface area contributed by atoms with Crippen molar-refractivity contribution >= 4 is 167 Å². The number of anilines is 8. The number of carbonyl (C=O) groups excluding carboxylic acids is 10. The van der Waals surface area contributed by atoms with Crippen molar-refractivity contribution in [3.8, 4) is 23.0 Å². The molecule has 784 valence electrons. The molecule has 0 saturated heterocycles. The minimum absolute atomic E-state index is 0.00111. The first-order valence-electron chi connectivity index (χ1n) is 48.7. The molecule has 0 spiro atoms. The van der Waals surface area contributed by atoms with Crippen LogP contribution < -0.4 is 21.3 Å². The molecule has 12 aromatic carbocycles. The number of carbonyl (C=O) groups is 10. The highest BCUT2D eigenvalue weighted by atomic mass is 79.9. The third-order valence-corrected chi connectivity index (χ3v) is 27.1. The molecule has 8 unspecified atom stereocenters. The van der Waals surface area contributed by atoms with Crippen molar-refractivity contribution in [3.05, 3.63) is 348 Å². The summed E-state index contributed by atoms with van der Waals surface area (Å²) in [6.07, 6.45) is 1.45. The molecule has 4 aliphatic carbocycles. The van der Waals surface area contributed by atoms with Crippen molar-refractivity contribution in [1.82, 2.24) is 0 Å². The average Bonchev–Trinajstić information content (AvgIpc) is 0.415. The Morgan fingerprint density at radius 3 is 0.693 bits per heavy atom. The van der Waals surface area contributed by atoms with Gasteiger partial charge in [-0.3, -0.25) is 47.9 Å². The predicted octanol–water partition coefficient (Wildman–Crippen LogP) is 21.2. The summed E-state index contributed by atoms with van der Waals surface area (Å²) in [6, 6.07) is 61.8. The lowest BCUT2D eigenvalue weighted by Crippen LogP contribution is -2.24. The van der Waals surface area contributed by atoms with E-state index in [2.05, 4.69) is 85.0 Å². The zero-order chi connectivity index (χ0) is 108. The zero-order valence-electron chi connectivity index (χ0n) is 84.1. The number of ether oxygens (including phenoxy) is 10. The van der Waals surface area contributed by atoms with E-state index in [4.69, 9.17) is 57.6 Å². The summed E-state index contributed by atoms with van der Waals surface area (Å²) in [5.74, 6) is -4.32. The van der Waals surface area contributed by atoms with Crippen molar-refractivity contribution in [2.45, 2.75) is 144 Å². The fraction of sp³-hybridized carbons (Fsp3) is 0.293. The number of hydrogen-bond acceptors (Lipinski definition) is 30. The van der Waals surface area contributed by atoms with Gasteiger partial charge in [-0.25, -0.2) is 0 Å². The number of phenols is 4. The van der Waals surface area contributed by atoms with Crippen LogP contribution in [0.3, 0.4) is 0 Å². The van der Waals surface area contributed by atoms with Crippen molar-refractivity contribution < 1.29 is 126 Å². The summed E-state index contributed by atoms with van der Waals surface area (Å²) in [5, 5.41) is 72.7. The first kappa shape index (κ1) is 114. The molecule has 0 radical (unpaired) electrons. The molecule has 12 aromatic rings. The van der Waals surface area contributed by atoms with E-state index < -0.39 is 5.78 Å². The van der Waals surface area contributed by atoms with Crippen molar-refractivity contribution in [3.63, 3.8) is 0 Å². The Morgan fingerprint density at radius 2 is 0.467 bits per heavy atom. The van der Waals surface area contributed by atoms with Crippen LogP contribution in [-0.4, -0.2) is 217 Å². The Hall–Kier alpha value is -13.1. The molecule has 8 atom stereocenters. The van der Waals surface area contributed by atoms with Gasteiger partial charge in [0.15, 0.2) is 46.3 Å². The molecule has 0 heterocycles. The number of aliphatic hydroxyl groups excluding tert-OH is 2. The maximum atomic E-state index is 13.4. The van der Waals surface area contributed by atoms with Gasteiger partial charge in [0.05, 0.1) is 194 Å². The summed E-state index contributed by atoms with van der Waals surface area (Å²) < 4.78 is 58.4. The quantitative estimate of drug-likeness (QED) is 0.0125. The Bertz CT molecular complexity index is 6950. The normalized spacial score (nSPS) is 14.0. The minimum atomic E-state index is -0.390. The van der Waals surface area contributed by atoms with Gasteiger partial charge in [-0.15, -0.1) is 0 Å². The first-order chi connectivity index (χ1) is 71.9. The third-order valence-electron chi connectivity index (χ3n) is 24.6. The summed E-state index contributed by atoms with van der Waals surface area (Å²) in [4.78, 5) is 127. The van der Waals surface area contributed by atoms with Crippen molar-refractivity contribution in [2.24, 2.45) is 0 Å². The number of fused-ring (bicyclic) bond motifs is 8. The van der Waals surface area contributed by atoms with Gasteiger partial charge in [0.1, 0.15) is 36.2 Å². The lowest BCUT2D eigenvalue weighted by molar-refractivity contribution is -0.146. The van der Waals surface area contributed by atoms with Crippen molar-refractivity contribution in [1.29, 1.82) is 0 Å². The third kappa shape index (κ3) is 29.0. The largest absolute Gasteiger partial charge is 0.507 e. The molecule has 10 N–H and O–H groups in total. The van der Waals surface area contributed by atoms with Crippen LogP contribution in [0.25, 0.3) is 0 Å². The molecule has 16 rings (SSSR count). The van der Waals surface area contributed by atoms with Gasteiger partial charge < -0.3 is 99.3 Å². The summed E-state index contributed by atoms with van der Waals surface area (Å²) in [5.41, 5.74) is 11.9. The van der Waals surface area contributed by atoms with Crippen LogP contribution >= 0.6 is 63.7 Å². The predicted molar refractivity (Wildman–Crippen MR) is 581 cm³/mol. The van der Waals surface area contributed by atoms with E-state index in [9.17, 15) is 68.4 Å². The topological polar surface area (TPSA) is 432 Å². The second-order valence-electron chi connectivity index (χ2n) is 36.4. The first-order valence-corrected chi connectivity index (χ1v) is 51.9. The van der Waals surface area contributed by atoms with Gasteiger partial charge in [0, 0.05) is 87.6 Å². The lowest BCUT2D eigenvalue weighted by Gasteiger charge is -2.22. The summed E-state index contributed by atoms with van der Waals surface area (Å²) in [6.45, 7) is 21.7. The molecule has 0 aliphatic heterocycles. The van der Waals surface area contributed by atoms with Crippen LogP contribution in [0.5, 0.6) is 23.0 Å². The van der Waals surface area contributed by atoms with Crippen LogP contribution in [0.4, 0.5) is 45.5 Å². The van der Waals surface area contributed by atoms with Crippen LogP contribution in [-0.2, 0) is 82.6 Å². The van der Waals surface area contributed by atoms with E-state index >= 15 is 0 Å². The molecular formula is C116H116Br4N4O26. The number of benzene rings is 12. The monoisotopic (exact) mass is 2300 g/mol. The Labute approximate surface area is 901 Å². The average molecular weight is 2300 g/mol. The van der Waals surface area contributed by atoms with Gasteiger partial charge >= 0.3 is 11.9 Å². The number of ketones is 8. The van der Waals surface area contributed by atoms with Crippen molar-refractivity contribution in [2.75, 3.05) is 101 Å². The fourth-order valence-electron chi connectivity index (χ4n) is 16.7. The zero-order valence-corrected chi connectivity index (χ0v) is 90.4. The molecular weight excluding hydrogens is 2180 g/mol. The lowest BCUT2D eigenvalue weighted by atomic mass is 9.82. The molecule has 150 heavy (non-hydrogen) atoms. The van der Waals surface area contributed by atoms with Crippen LogP contribution in [0.2, 0.25) is 0 Å². The number of rotatable bonds is 42. The number of aromatic hydroxyl groups is 4. The minimum Gasteiger partial charge on any atom is -0.507 e. The smallest absolute Gasteiger partial charge is 0.302 e. The van der Waals surface area contributed by atoms with Gasteiger partial charge in [0.2, 0.25) is 0 Å². The van der Waals surface area contributed by atoms with E-state index in [1.165, 1.54) is 38.1 Å². The number of hydrogen-bond donors (Lipinski definition) is 10. The van der Waals surface area contributed by atoms with Crippen LogP contribution in [0.15, 0.2) is 236 Å². The highest BCUT2D eigenvalue weighted by Gasteiger charge is 2.40. The molecule has 30 nitrogen and oxygen atoms in total. The number of esters is 2. The fourth-order valence-corrected chi connectivity index (χ4v) is 19.6.